The van der Waals surface area contributed by atoms with E-state index >= 15 is 0 Å². The molecule has 0 aliphatic heterocycles. The van der Waals surface area contributed by atoms with Crippen LogP contribution in [0.2, 0.25) is 5.02 Å². The van der Waals surface area contributed by atoms with Gasteiger partial charge in [0.05, 0.1) is 9.50 Å². The Hall–Kier alpha value is -1.59. The fourth-order valence-electron chi connectivity index (χ4n) is 1.31. The fraction of sp³-hybridized carbons (Fsp3) is 0. The van der Waals surface area contributed by atoms with Crippen molar-refractivity contribution in [1.82, 2.24) is 4.98 Å². The Morgan fingerprint density at radius 1 is 1.39 bits per heavy atom. The number of amides is 1. The SMILES string of the molecule is O=C(Nc1ncccc1Br)c1ccc(O)c(Cl)c1. The molecule has 0 aliphatic carbocycles. The van der Waals surface area contributed by atoms with Gasteiger partial charge < -0.3 is 10.4 Å². The molecule has 2 N–H and O–H groups in total. The van der Waals surface area contributed by atoms with Gasteiger partial charge in [-0.05, 0) is 46.3 Å². The Balaban J connectivity index is 2.22. The molecule has 1 aromatic carbocycles. The monoisotopic (exact) mass is 326 g/mol. The van der Waals surface area contributed by atoms with Gasteiger partial charge in [0.2, 0.25) is 0 Å². The molecule has 1 heterocycles. The number of phenols is 1. The normalized spacial score (nSPS) is 10.1. The number of hydrogen-bond donors (Lipinski definition) is 2. The predicted molar refractivity (Wildman–Crippen MR) is 73.0 cm³/mol. The second-order valence-corrected chi connectivity index (χ2v) is 4.72. The highest BCUT2D eigenvalue weighted by Crippen LogP contribution is 2.24. The number of hydrogen-bond acceptors (Lipinski definition) is 3. The summed E-state index contributed by atoms with van der Waals surface area (Å²) in [5.41, 5.74) is 0.343. The summed E-state index contributed by atoms with van der Waals surface area (Å²) in [5, 5.41) is 12.0. The van der Waals surface area contributed by atoms with Gasteiger partial charge in [0, 0.05) is 11.8 Å². The van der Waals surface area contributed by atoms with Crippen molar-refractivity contribution >= 4 is 39.3 Å². The van der Waals surface area contributed by atoms with Crippen molar-refractivity contribution in [2.75, 3.05) is 5.32 Å². The molecule has 92 valence electrons. The highest BCUT2D eigenvalue weighted by molar-refractivity contribution is 9.10. The van der Waals surface area contributed by atoms with Crippen molar-refractivity contribution in [2.24, 2.45) is 0 Å². The van der Waals surface area contributed by atoms with E-state index in [4.69, 9.17) is 11.6 Å². The third-order valence-corrected chi connectivity index (χ3v) is 3.14. The third-order valence-electron chi connectivity index (χ3n) is 2.20. The van der Waals surface area contributed by atoms with E-state index < -0.39 is 0 Å². The van der Waals surface area contributed by atoms with Gasteiger partial charge in [-0.3, -0.25) is 4.79 Å². The number of carbonyl (C=O) groups is 1. The first-order chi connectivity index (χ1) is 8.58. The lowest BCUT2D eigenvalue weighted by atomic mass is 10.2. The van der Waals surface area contributed by atoms with Gasteiger partial charge >= 0.3 is 0 Å². The average molecular weight is 328 g/mol. The van der Waals surface area contributed by atoms with E-state index in [1.54, 1.807) is 18.3 Å². The minimum atomic E-state index is -0.351. The number of benzene rings is 1. The molecule has 4 nitrogen and oxygen atoms in total. The Bertz CT molecular complexity index is 604. The molecule has 0 atom stereocenters. The molecular weight excluding hydrogens is 320 g/mol. The minimum Gasteiger partial charge on any atom is -0.506 e. The van der Waals surface area contributed by atoms with Crippen LogP contribution in [0, 0.1) is 0 Å². The quantitative estimate of drug-likeness (QED) is 0.888. The number of aromatic hydroxyl groups is 1. The molecule has 2 aromatic rings. The largest absolute Gasteiger partial charge is 0.506 e. The molecule has 1 aromatic heterocycles. The summed E-state index contributed by atoms with van der Waals surface area (Å²) in [6.07, 6.45) is 1.57. The topological polar surface area (TPSA) is 62.2 Å². The minimum absolute atomic E-state index is 0.0627. The van der Waals surface area contributed by atoms with E-state index in [0.29, 0.717) is 15.9 Å². The number of carbonyl (C=O) groups excluding carboxylic acids is 1. The van der Waals surface area contributed by atoms with Crippen molar-refractivity contribution in [3.63, 3.8) is 0 Å². The van der Waals surface area contributed by atoms with Crippen LogP contribution in [0.5, 0.6) is 5.75 Å². The molecule has 0 fully saturated rings. The lowest BCUT2D eigenvalue weighted by Gasteiger charge is -2.06. The number of pyridine rings is 1. The van der Waals surface area contributed by atoms with Crippen LogP contribution in [0.4, 0.5) is 5.82 Å². The zero-order valence-electron chi connectivity index (χ0n) is 9.02. The number of phenolic OH excluding ortho intramolecular Hbond substituents is 1. The van der Waals surface area contributed by atoms with Crippen LogP contribution < -0.4 is 5.32 Å². The Labute approximate surface area is 117 Å². The lowest BCUT2D eigenvalue weighted by Crippen LogP contribution is -2.13. The van der Waals surface area contributed by atoms with E-state index in [1.165, 1.54) is 18.2 Å². The molecule has 0 spiro atoms. The summed E-state index contributed by atoms with van der Waals surface area (Å²) in [7, 11) is 0. The Kier molecular flexibility index (Phi) is 3.84. The van der Waals surface area contributed by atoms with Crippen LogP contribution in [0.15, 0.2) is 41.0 Å². The van der Waals surface area contributed by atoms with Gasteiger partial charge in [-0.25, -0.2) is 4.98 Å². The number of nitrogens with zero attached hydrogens (tertiary/aromatic N) is 1. The van der Waals surface area contributed by atoms with Gasteiger partial charge in [0.1, 0.15) is 11.6 Å². The third kappa shape index (κ3) is 2.80. The molecule has 2 rings (SSSR count). The second-order valence-electron chi connectivity index (χ2n) is 3.45. The number of halogens is 2. The second kappa shape index (κ2) is 5.37. The molecule has 18 heavy (non-hydrogen) atoms. The smallest absolute Gasteiger partial charge is 0.256 e. The van der Waals surface area contributed by atoms with Gasteiger partial charge in [-0.15, -0.1) is 0 Å². The molecule has 0 saturated heterocycles. The molecular formula is C12H8BrClN2O2. The van der Waals surface area contributed by atoms with Crippen LogP contribution in [-0.4, -0.2) is 16.0 Å². The molecule has 0 bridgehead atoms. The Morgan fingerprint density at radius 2 is 2.17 bits per heavy atom. The van der Waals surface area contributed by atoms with Gasteiger partial charge in [0.25, 0.3) is 5.91 Å². The number of aromatic nitrogens is 1. The zero-order chi connectivity index (χ0) is 13.1. The predicted octanol–water partition coefficient (Wildman–Crippen LogP) is 3.46. The molecule has 0 unspecified atom stereocenters. The van der Waals surface area contributed by atoms with Gasteiger partial charge in [0.15, 0.2) is 0 Å². The summed E-state index contributed by atoms with van der Waals surface area (Å²) >= 11 is 9.02. The summed E-state index contributed by atoms with van der Waals surface area (Å²) in [4.78, 5) is 15.9. The summed E-state index contributed by atoms with van der Waals surface area (Å²) in [5.74, 6) is 0.00947. The first-order valence-corrected chi connectivity index (χ1v) is 6.15. The van der Waals surface area contributed by atoms with E-state index in [9.17, 15) is 9.90 Å². The Morgan fingerprint density at radius 3 is 2.83 bits per heavy atom. The molecule has 0 radical (unpaired) electrons. The summed E-state index contributed by atoms with van der Waals surface area (Å²) in [6, 6.07) is 7.75. The maximum Gasteiger partial charge on any atom is 0.256 e. The maximum absolute atomic E-state index is 11.9. The first kappa shape index (κ1) is 12.9. The summed E-state index contributed by atoms with van der Waals surface area (Å²) in [6.45, 7) is 0. The molecule has 0 aliphatic rings. The van der Waals surface area contributed by atoms with Crippen molar-refractivity contribution in [1.29, 1.82) is 0 Å². The van der Waals surface area contributed by atoms with E-state index in [1.807, 2.05) is 0 Å². The summed E-state index contributed by atoms with van der Waals surface area (Å²) < 4.78 is 0.684. The van der Waals surface area contributed by atoms with Crippen LogP contribution in [0.25, 0.3) is 0 Å². The van der Waals surface area contributed by atoms with Crippen LogP contribution in [0.1, 0.15) is 10.4 Å². The highest BCUT2D eigenvalue weighted by Gasteiger charge is 2.10. The standard InChI is InChI=1S/C12H8BrClN2O2/c13-8-2-1-5-15-11(8)16-12(18)7-3-4-10(17)9(14)6-7/h1-6,17H,(H,15,16,18). The maximum atomic E-state index is 11.9. The van der Waals surface area contributed by atoms with Crippen molar-refractivity contribution < 1.29 is 9.90 Å². The van der Waals surface area contributed by atoms with Gasteiger partial charge in [-0.2, -0.15) is 0 Å². The van der Waals surface area contributed by atoms with E-state index in [2.05, 4.69) is 26.2 Å². The number of nitrogens with one attached hydrogen (secondary N) is 1. The van der Waals surface area contributed by atoms with Crippen molar-refractivity contribution in [3.05, 3.63) is 51.6 Å². The van der Waals surface area contributed by atoms with Crippen molar-refractivity contribution in [3.8, 4) is 5.75 Å². The molecule has 1 amide bonds. The zero-order valence-corrected chi connectivity index (χ0v) is 11.4. The lowest BCUT2D eigenvalue weighted by molar-refractivity contribution is 0.102. The number of rotatable bonds is 2. The fourth-order valence-corrected chi connectivity index (χ4v) is 1.84. The van der Waals surface area contributed by atoms with Crippen LogP contribution >= 0.6 is 27.5 Å². The van der Waals surface area contributed by atoms with Crippen molar-refractivity contribution in [2.45, 2.75) is 0 Å². The van der Waals surface area contributed by atoms with Crippen LogP contribution in [-0.2, 0) is 0 Å². The van der Waals surface area contributed by atoms with Gasteiger partial charge in [-0.1, -0.05) is 11.6 Å². The van der Waals surface area contributed by atoms with Crippen LogP contribution in [0.3, 0.4) is 0 Å². The van der Waals surface area contributed by atoms with E-state index in [0.717, 1.165) is 0 Å². The first-order valence-electron chi connectivity index (χ1n) is 4.98. The molecule has 6 heteroatoms. The average Bonchev–Trinajstić information content (AvgIpc) is 2.35. The van der Waals surface area contributed by atoms with E-state index in [-0.39, 0.29) is 16.7 Å². The number of anilines is 1. The molecule has 0 saturated carbocycles. The highest BCUT2D eigenvalue weighted by atomic mass is 79.9.